The number of rotatable bonds is 7. The summed E-state index contributed by atoms with van der Waals surface area (Å²) in [4.78, 5) is 37.0. The van der Waals surface area contributed by atoms with Crippen molar-refractivity contribution in [3.63, 3.8) is 0 Å². The van der Waals surface area contributed by atoms with E-state index in [0.29, 0.717) is 25.8 Å². The molecule has 1 aliphatic carbocycles. The fourth-order valence-electron chi connectivity index (χ4n) is 3.61. The normalized spacial score (nSPS) is 29.2. The number of nitrogens with one attached hydrogen (secondary N) is 1. The van der Waals surface area contributed by atoms with E-state index in [1.807, 2.05) is 20.8 Å². The fourth-order valence-corrected chi connectivity index (χ4v) is 3.61. The van der Waals surface area contributed by atoms with Crippen molar-refractivity contribution in [2.75, 3.05) is 13.6 Å². The summed E-state index contributed by atoms with van der Waals surface area (Å²) in [6.45, 7) is 6.03. The molecule has 118 valence electrons. The molecule has 1 heterocycles. The van der Waals surface area contributed by atoms with Crippen LogP contribution in [0.15, 0.2) is 0 Å². The van der Waals surface area contributed by atoms with Gasteiger partial charge in [-0.15, -0.1) is 0 Å². The van der Waals surface area contributed by atoms with E-state index in [-0.39, 0.29) is 29.1 Å². The predicted octanol–water partition coefficient (Wildman–Crippen LogP) is 0.860. The third kappa shape index (κ3) is 2.25. The van der Waals surface area contributed by atoms with E-state index in [1.54, 1.807) is 7.05 Å². The van der Waals surface area contributed by atoms with Crippen molar-refractivity contribution in [1.82, 2.24) is 10.2 Å². The van der Waals surface area contributed by atoms with Crippen LogP contribution in [-0.2, 0) is 14.4 Å². The van der Waals surface area contributed by atoms with Gasteiger partial charge in [-0.05, 0) is 31.7 Å². The Morgan fingerprint density at radius 3 is 2.24 bits per heavy atom. The second-order valence-electron chi connectivity index (χ2n) is 6.70. The zero-order chi connectivity index (χ0) is 16.0. The summed E-state index contributed by atoms with van der Waals surface area (Å²) in [5.74, 6) is -1.39. The zero-order valence-corrected chi connectivity index (χ0v) is 13.1. The van der Waals surface area contributed by atoms with Gasteiger partial charge in [0.15, 0.2) is 0 Å². The highest BCUT2D eigenvalue weighted by Crippen LogP contribution is 2.63. The SMILES string of the molecule is CCC(CCCN1C(=O)C2C(C1=O)C2(C)C)(NC)C(=O)O. The molecule has 2 amide bonds. The molecule has 3 unspecified atom stereocenters. The molecule has 0 spiro atoms. The Labute approximate surface area is 124 Å². The van der Waals surface area contributed by atoms with E-state index in [2.05, 4.69) is 5.32 Å². The average Bonchev–Trinajstić information content (AvgIpc) is 2.89. The number of likely N-dealkylation sites (N-methyl/N-ethyl adjacent to an activating group) is 1. The molecule has 0 aromatic heterocycles. The lowest BCUT2D eigenvalue weighted by Crippen LogP contribution is -2.50. The second-order valence-corrected chi connectivity index (χ2v) is 6.70. The quantitative estimate of drug-likeness (QED) is 0.680. The Balaban J connectivity index is 1.92. The number of amides is 2. The Kier molecular flexibility index (Phi) is 3.86. The summed E-state index contributed by atoms with van der Waals surface area (Å²) in [5, 5.41) is 12.2. The topological polar surface area (TPSA) is 86.7 Å². The third-order valence-corrected chi connectivity index (χ3v) is 5.37. The van der Waals surface area contributed by atoms with Crippen molar-refractivity contribution in [1.29, 1.82) is 0 Å². The van der Waals surface area contributed by atoms with Crippen LogP contribution in [0, 0.1) is 17.3 Å². The molecule has 1 aliphatic heterocycles. The van der Waals surface area contributed by atoms with Crippen LogP contribution in [0.2, 0.25) is 0 Å². The molecule has 0 radical (unpaired) electrons. The van der Waals surface area contributed by atoms with Crippen LogP contribution in [0.5, 0.6) is 0 Å². The minimum atomic E-state index is -0.978. The maximum absolute atomic E-state index is 12.2. The molecule has 6 nitrogen and oxygen atoms in total. The van der Waals surface area contributed by atoms with E-state index in [9.17, 15) is 19.5 Å². The van der Waals surface area contributed by atoms with Crippen molar-refractivity contribution in [3.05, 3.63) is 0 Å². The number of imide groups is 1. The van der Waals surface area contributed by atoms with Gasteiger partial charge in [-0.1, -0.05) is 20.8 Å². The van der Waals surface area contributed by atoms with Crippen LogP contribution >= 0.6 is 0 Å². The van der Waals surface area contributed by atoms with Gasteiger partial charge in [0, 0.05) is 6.54 Å². The zero-order valence-electron chi connectivity index (χ0n) is 13.1. The molecule has 1 saturated heterocycles. The van der Waals surface area contributed by atoms with E-state index < -0.39 is 11.5 Å². The standard InChI is InChI=1S/C15H24N2O4/c1-5-15(16-4,13(20)21)7-6-8-17-11(18)9-10(12(17)19)14(9,2)3/h9-10,16H,5-8H2,1-4H3,(H,20,21). The van der Waals surface area contributed by atoms with Gasteiger partial charge in [-0.3, -0.25) is 19.3 Å². The summed E-state index contributed by atoms with van der Waals surface area (Å²) in [7, 11) is 1.63. The van der Waals surface area contributed by atoms with E-state index in [0.717, 1.165) is 0 Å². The summed E-state index contributed by atoms with van der Waals surface area (Å²) < 4.78 is 0. The number of carboxylic acids is 1. The van der Waals surface area contributed by atoms with E-state index >= 15 is 0 Å². The van der Waals surface area contributed by atoms with Gasteiger partial charge >= 0.3 is 5.97 Å². The first-order valence-corrected chi connectivity index (χ1v) is 7.50. The maximum atomic E-state index is 12.2. The molecule has 21 heavy (non-hydrogen) atoms. The molecule has 0 aromatic carbocycles. The maximum Gasteiger partial charge on any atom is 0.323 e. The Hall–Kier alpha value is -1.43. The largest absolute Gasteiger partial charge is 0.480 e. The van der Waals surface area contributed by atoms with Gasteiger partial charge in [-0.2, -0.15) is 0 Å². The number of aliphatic carboxylic acids is 1. The number of hydrogen-bond donors (Lipinski definition) is 2. The summed E-state index contributed by atoms with van der Waals surface area (Å²) in [6.07, 6.45) is 1.35. The van der Waals surface area contributed by atoms with Crippen LogP contribution in [0.25, 0.3) is 0 Å². The molecule has 1 saturated carbocycles. The molecule has 2 rings (SSSR count). The fraction of sp³-hybridized carbons (Fsp3) is 0.800. The monoisotopic (exact) mass is 296 g/mol. The number of nitrogens with zero attached hydrogens (tertiary/aromatic N) is 1. The Morgan fingerprint density at radius 1 is 1.33 bits per heavy atom. The molecule has 0 bridgehead atoms. The third-order valence-electron chi connectivity index (χ3n) is 5.37. The average molecular weight is 296 g/mol. The second kappa shape index (κ2) is 5.09. The van der Waals surface area contributed by atoms with Gasteiger partial charge in [0.05, 0.1) is 11.8 Å². The van der Waals surface area contributed by atoms with Crippen LogP contribution in [-0.4, -0.2) is 46.9 Å². The van der Waals surface area contributed by atoms with E-state index in [4.69, 9.17) is 0 Å². The number of carbonyl (C=O) groups is 3. The molecule has 2 fully saturated rings. The molecular weight excluding hydrogens is 272 g/mol. The van der Waals surface area contributed by atoms with Gasteiger partial charge in [0.2, 0.25) is 11.8 Å². The number of piperidine rings is 1. The summed E-state index contributed by atoms with van der Waals surface area (Å²) in [5.41, 5.74) is -1.17. The lowest BCUT2D eigenvalue weighted by Gasteiger charge is -2.29. The number of carbonyl (C=O) groups excluding carboxylic acids is 2. The lowest BCUT2D eigenvalue weighted by molar-refractivity contribution is -0.145. The van der Waals surface area contributed by atoms with Crippen molar-refractivity contribution < 1.29 is 19.5 Å². The van der Waals surface area contributed by atoms with E-state index in [1.165, 1.54) is 4.90 Å². The molecule has 3 atom stereocenters. The van der Waals surface area contributed by atoms with Crippen molar-refractivity contribution in [3.8, 4) is 0 Å². The highest BCUT2D eigenvalue weighted by molar-refractivity contribution is 6.10. The lowest BCUT2D eigenvalue weighted by atomic mass is 9.90. The smallest absolute Gasteiger partial charge is 0.323 e. The van der Waals surface area contributed by atoms with Crippen LogP contribution in [0.4, 0.5) is 0 Å². The number of hydrogen-bond acceptors (Lipinski definition) is 4. The molecule has 0 aromatic rings. The minimum Gasteiger partial charge on any atom is -0.480 e. The highest BCUT2D eigenvalue weighted by atomic mass is 16.4. The van der Waals surface area contributed by atoms with Crippen molar-refractivity contribution in [2.45, 2.75) is 45.6 Å². The minimum absolute atomic E-state index is 0.0862. The molecule has 2 N–H and O–H groups in total. The van der Waals surface area contributed by atoms with Crippen LogP contribution < -0.4 is 5.32 Å². The highest BCUT2D eigenvalue weighted by Gasteiger charge is 2.72. The molecule has 2 aliphatic rings. The van der Waals surface area contributed by atoms with Crippen LogP contribution in [0.1, 0.15) is 40.0 Å². The van der Waals surface area contributed by atoms with Gasteiger partial charge in [-0.25, -0.2) is 0 Å². The number of carboxylic acid groups (broad SMARTS) is 1. The first-order chi connectivity index (χ1) is 9.73. The predicted molar refractivity (Wildman–Crippen MR) is 76.4 cm³/mol. The first-order valence-electron chi connectivity index (χ1n) is 7.50. The molecular formula is C15H24N2O4. The Bertz CT molecular complexity index is 458. The van der Waals surface area contributed by atoms with Crippen molar-refractivity contribution >= 4 is 17.8 Å². The first kappa shape index (κ1) is 15.9. The van der Waals surface area contributed by atoms with Gasteiger partial charge in [0.1, 0.15) is 5.54 Å². The molecule has 6 heteroatoms. The van der Waals surface area contributed by atoms with Crippen LogP contribution in [0.3, 0.4) is 0 Å². The van der Waals surface area contributed by atoms with Gasteiger partial charge in [0.25, 0.3) is 0 Å². The summed E-state index contributed by atoms with van der Waals surface area (Å²) >= 11 is 0. The van der Waals surface area contributed by atoms with Gasteiger partial charge < -0.3 is 10.4 Å². The number of likely N-dealkylation sites (tertiary alicyclic amines) is 1. The number of fused-ring (bicyclic) bond motifs is 1. The Morgan fingerprint density at radius 2 is 1.86 bits per heavy atom. The van der Waals surface area contributed by atoms with Crippen molar-refractivity contribution in [2.24, 2.45) is 17.3 Å². The summed E-state index contributed by atoms with van der Waals surface area (Å²) in [6, 6.07) is 0.